The number of nitrogens with zero attached hydrogens (tertiary/aromatic N) is 2. The SMILES string of the molecule is CCCNCCCN(C)S(=O)(=O)N(CC1CC1)CC1CC1. The quantitative estimate of drug-likeness (QED) is 0.557. The highest BCUT2D eigenvalue weighted by molar-refractivity contribution is 7.86. The fraction of sp³-hybridized carbons (Fsp3) is 1.00. The summed E-state index contributed by atoms with van der Waals surface area (Å²) >= 11 is 0. The van der Waals surface area contributed by atoms with Crippen molar-refractivity contribution in [3.63, 3.8) is 0 Å². The average molecular weight is 317 g/mol. The van der Waals surface area contributed by atoms with Crippen molar-refractivity contribution in [2.24, 2.45) is 11.8 Å². The highest BCUT2D eigenvalue weighted by Gasteiger charge is 2.36. The molecule has 0 unspecified atom stereocenters. The molecule has 0 aromatic heterocycles. The molecular formula is C15H31N3O2S. The van der Waals surface area contributed by atoms with Gasteiger partial charge in [0.25, 0.3) is 10.2 Å². The van der Waals surface area contributed by atoms with Gasteiger partial charge >= 0.3 is 0 Å². The van der Waals surface area contributed by atoms with Crippen LogP contribution in [0.3, 0.4) is 0 Å². The summed E-state index contributed by atoms with van der Waals surface area (Å²) in [6, 6.07) is 0. The number of hydrogen-bond acceptors (Lipinski definition) is 3. The molecule has 1 N–H and O–H groups in total. The van der Waals surface area contributed by atoms with Crippen molar-refractivity contribution in [1.29, 1.82) is 0 Å². The van der Waals surface area contributed by atoms with E-state index in [0.717, 1.165) is 39.0 Å². The molecule has 0 atom stereocenters. The maximum atomic E-state index is 12.7. The minimum atomic E-state index is -3.27. The van der Waals surface area contributed by atoms with Gasteiger partial charge in [-0.05, 0) is 63.5 Å². The maximum absolute atomic E-state index is 12.7. The van der Waals surface area contributed by atoms with Gasteiger partial charge in [-0.3, -0.25) is 0 Å². The summed E-state index contributed by atoms with van der Waals surface area (Å²) in [6.45, 7) is 6.10. The molecular weight excluding hydrogens is 286 g/mol. The third kappa shape index (κ3) is 5.85. The molecule has 0 spiro atoms. The summed E-state index contributed by atoms with van der Waals surface area (Å²) in [4.78, 5) is 0. The Balaban J connectivity index is 1.80. The summed E-state index contributed by atoms with van der Waals surface area (Å²) in [7, 11) is -1.54. The lowest BCUT2D eigenvalue weighted by molar-refractivity contribution is 0.337. The molecule has 6 heteroatoms. The lowest BCUT2D eigenvalue weighted by Crippen LogP contribution is -2.44. The molecule has 0 aliphatic heterocycles. The maximum Gasteiger partial charge on any atom is 0.281 e. The van der Waals surface area contributed by atoms with Gasteiger partial charge in [0.2, 0.25) is 0 Å². The van der Waals surface area contributed by atoms with Crippen LogP contribution in [0.4, 0.5) is 0 Å². The van der Waals surface area contributed by atoms with Crippen LogP contribution in [0.5, 0.6) is 0 Å². The highest BCUT2D eigenvalue weighted by Crippen LogP contribution is 2.35. The van der Waals surface area contributed by atoms with Crippen molar-refractivity contribution in [3.05, 3.63) is 0 Å². The van der Waals surface area contributed by atoms with E-state index in [1.807, 2.05) is 0 Å². The van der Waals surface area contributed by atoms with Crippen LogP contribution in [0.25, 0.3) is 0 Å². The van der Waals surface area contributed by atoms with Gasteiger partial charge in [-0.2, -0.15) is 17.0 Å². The Hall–Kier alpha value is -0.170. The third-order valence-corrected chi connectivity index (χ3v) is 6.21. The third-order valence-electron chi connectivity index (χ3n) is 4.29. The van der Waals surface area contributed by atoms with E-state index in [4.69, 9.17) is 0 Å². The fourth-order valence-electron chi connectivity index (χ4n) is 2.48. The number of hydrogen-bond donors (Lipinski definition) is 1. The summed E-state index contributed by atoms with van der Waals surface area (Å²) in [6.07, 6.45) is 6.77. The molecule has 2 aliphatic carbocycles. The van der Waals surface area contributed by atoms with Crippen molar-refractivity contribution in [2.75, 3.05) is 39.8 Å². The second-order valence-electron chi connectivity index (χ2n) is 6.64. The topological polar surface area (TPSA) is 52.7 Å². The van der Waals surface area contributed by atoms with Crippen LogP contribution in [0.15, 0.2) is 0 Å². The molecule has 2 saturated carbocycles. The van der Waals surface area contributed by atoms with Crippen molar-refractivity contribution < 1.29 is 8.42 Å². The minimum absolute atomic E-state index is 0.602. The van der Waals surface area contributed by atoms with Crippen molar-refractivity contribution in [1.82, 2.24) is 13.9 Å². The number of nitrogens with one attached hydrogen (secondary N) is 1. The Bertz CT molecular complexity index is 391. The van der Waals surface area contributed by atoms with E-state index in [1.165, 1.54) is 25.7 Å². The fourth-order valence-corrected chi connectivity index (χ4v) is 4.03. The molecule has 0 aromatic carbocycles. The second-order valence-corrected chi connectivity index (χ2v) is 8.67. The van der Waals surface area contributed by atoms with Gasteiger partial charge in [0, 0.05) is 26.7 Å². The van der Waals surface area contributed by atoms with Gasteiger partial charge in [-0.25, -0.2) is 0 Å². The Morgan fingerprint density at radius 1 is 1.05 bits per heavy atom. The molecule has 124 valence electrons. The van der Waals surface area contributed by atoms with Gasteiger partial charge in [0.1, 0.15) is 0 Å². The largest absolute Gasteiger partial charge is 0.317 e. The van der Waals surface area contributed by atoms with E-state index in [1.54, 1.807) is 15.7 Å². The van der Waals surface area contributed by atoms with E-state index in [0.29, 0.717) is 18.4 Å². The zero-order valence-corrected chi connectivity index (χ0v) is 14.4. The zero-order valence-electron chi connectivity index (χ0n) is 13.6. The summed E-state index contributed by atoms with van der Waals surface area (Å²) in [5.74, 6) is 1.22. The lowest BCUT2D eigenvalue weighted by atomic mass is 10.4. The molecule has 0 amide bonds. The second kappa shape index (κ2) is 7.90. The standard InChI is InChI=1S/C15H31N3O2S/c1-3-9-16-10-4-11-17(2)21(19,20)18(12-14-5-6-14)13-15-7-8-15/h14-16H,3-13H2,1-2H3. The molecule has 2 aliphatic rings. The molecule has 0 saturated heterocycles. The molecule has 5 nitrogen and oxygen atoms in total. The summed E-state index contributed by atoms with van der Waals surface area (Å²) < 4.78 is 28.7. The van der Waals surface area contributed by atoms with Crippen LogP contribution in [0, 0.1) is 11.8 Å². The van der Waals surface area contributed by atoms with Crippen LogP contribution in [0.1, 0.15) is 45.4 Å². The van der Waals surface area contributed by atoms with Gasteiger partial charge in [-0.1, -0.05) is 6.92 Å². The summed E-state index contributed by atoms with van der Waals surface area (Å²) in [5, 5.41) is 3.32. The molecule has 2 rings (SSSR count). The van der Waals surface area contributed by atoms with E-state index >= 15 is 0 Å². The van der Waals surface area contributed by atoms with Gasteiger partial charge < -0.3 is 5.32 Å². The smallest absolute Gasteiger partial charge is 0.281 e. The van der Waals surface area contributed by atoms with E-state index in [-0.39, 0.29) is 0 Å². The van der Waals surface area contributed by atoms with Crippen LogP contribution in [0.2, 0.25) is 0 Å². The first kappa shape index (κ1) is 17.2. The minimum Gasteiger partial charge on any atom is -0.317 e. The lowest BCUT2D eigenvalue weighted by Gasteiger charge is -2.27. The van der Waals surface area contributed by atoms with Crippen LogP contribution in [-0.2, 0) is 10.2 Å². The van der Waals surface area contributed by atoms with Crippen LogP contribution >= 0.6 is 0 Å². The van der Waals surface area contributed by atoms with Crippen LogP contribution < -0.4 is 5.32 Å². The summed E-state index contributed by atoms with van der Waals surface area (Å²) in [5.41, 5.74) is 0. The molecule has 2 fully saturated rings. The molecule has 0 aromatic rings. The first-order chi connectivity index (χ1) is 10.0. The van der Waals surface area contributed by atoms with E-state index in [9.17, 15) is 8.42 Å². The molecule has 0 radical (unpaired) electrons. The van der Waals surface area contributed by atoms with Crippen molar-refractivity contribution in [3.8, 4) is 0 Å². The number of rotatable bonds is 12. The zero-order chi connectivity index (χ0) is 15.3. The Morgan fingerprint density at radius 3 is 2.10 bits per heavy atom. The molecule has 0 heterocycles. The first-order valence-corrected chi connectivity index (χ1v) is 9.86. The van der Waals surface area contributed by atoms with Crippen LogP contribution in [-0.4, -0.2) is 56.8 Å². The Kier molecular flexibility index (Phi) is 6.47. The van der Waals surface area contributed by atoms with Gasteiger partial charge in [0.15, 0.2) is 0 Å². The predicted molar refractivity (Wildman–Crippen MR) is 86.3 cm³/mol. The van der Waals surface area contributed by atoms with Gasteiger partial charge in [0.05, 0.1) is 0 Å². The van der Waals surface area contributed by atoms with Crippen molar-refractivity contribution in [2.45, 2.75) is 45.4 Å². The first-order valence-electron chi connectivity index (χ1n) is 8.46. The Morgan fingerprint density at radius 2 is 1.62 bits per heavy atom. The Labute approximate surface area is 130 Å². The highest BCUT2D eigenvalue weighted by atomic mass is 32.2. The van der Waals surface area contributed by atoms with E-state index < -0.39 is 10.2 Å². The predicted octanol–water partition coefficient (Wildman–Crippen LogP) is 1.67. The molecule has 0 bridgehead atoms. The normalized spacial score (nSPS) is 19.6. The average Bonchev–Trinajstić information content (AvgIpc) is 3.32. The molecule has 21 heavy (non-hydrogen) atoms. The van der Waals surface area contributed by atoms with Crippen molar-refractivity contribution >= 4 is 10.2 Å². The van der Waals surface area contributed by atoms with Gasteiger partial charge in [-0.15, -0.1) is 0 Å². The van der Waals surface area contributed by atoms with E-state index in [2.05, 4.69) is 12.2 Å². The monoisotopic (exact) mass is 317 g/mol.